The highest BCUT2D eigenvalue weighted by Gasteiger charge is 2.70. The lowest BCUT2D eigenvalue weighted by Gasteiger charge is -2.32. The first kappa shape index (κ1) is 22.0. The van der Waals surface area contributed by atoms with E-state index in [4.69, 9.17) is 0 Å². The summed E-state index contributed by atoms with van der Waals surface area (Å²) in [6.45, 7) is 4.03. The Bertz CT molecular complexity index is 971. The zero-order chi connectivity index (χ0) is 22.6. The van der Waals surface area contributed by atoms with Crippen LogP contribution in [-0.2, 0) is 19.9 Å². The molecule has 0 bridgehead atoms. The summed E-state index contributed by atoms with van der Waals surface area (Å²) in [7, 11) is 0. The molecule has 1 aliphatic carbocycles. The first-order valence-corrected chi connectivity index (χ1v) is 13.4. The molecule has 2 saturated heterocycles. The van der Waals surface area contributed by atoms with Crippen molar-refractivity contribution in [3.8, 4) is 0 Å². The fourth-order valence-corrected chi connectivity index (χ4v) is 7.00. The van der Waals surface area contributed by atoms with Gasteiger partial charge in [0, 0.05) is 23.3 Å². The van der Waals surface area contributed by atoms with Crippen molar-refractivity contribution >= 4 is 35.2 Å². The predicted molar refractivity (Wildman–Crippen MR) is 126 cm³/mol. The SMILES string of the molecule is CSCCC1NC2(C(=O)Nc3c2ccc(C)c3C)C2C(=O)N(C3CCCCCC3)C(=O)C12. The Labute approximate surface area is 194 Å². The average molecular weight is 456 g/mol. The van der Waals surface area contributed by atoms with E-state index in [1.807, 2.05) is 32.2 Å². The zero-order valence-corrected chi connectivity index (χ0v) is 20.0. The molecule has 3 amide bonds. The Balaban J connectivity index is 1.61. The molecule has 4 aliphatic rings. The molecule has 5 rings (SSSR count). The van der Waals surface area contributed by atoms with Gasteiger partial charge in [-0.1, -0.05) is 37.8 Å². The van der Waals surface area contributed by atoms with Gasteiger partial charge in [-0.3, -0.25) is 24.6 Å². The van der Waals surface area contributed by atoms with E-state index >= 15 is 0 Å². The van der Waals surface area contributed by atoms with Crippen molar-refractivity contribution in [2.24, 2.45) is 11.8 Å². The van der Waals surface area contributed by atoms with E-state index in [1.54, 1.807) is 16.7 Å². The molecule has 0 aromatic heterocycles. The van der Waals surface area contributed by atoms with Crippen LogP contribution in [0.15, 0.2) is 12.1 Å². The smallest absolute Gasteiger partial charge is 0.250 e. The van der Waals surface area contributed by atoms with Crippen molar-refractivity contribution < 1.29 is 14.4 Å². The second kappa shape index (κ2) is 8.17. The van der Waals surface area contributed by atoms with Gasteiger partial charge in [0.05, 0.1) is 11.8 Å². The van der Waals surface area contributed by atoms with E-state index in [9.17, 15) is 14.4 Å². The monoisotopic (exact) mass is 455 g/mol. The number of hydrogen-bond acceptors (Lipinski definition) is 5. The van der Waals surface area contributed by atoms with Crippen LogP contribution in [0.5, 0.6) is 0 Å². The molecule has 4 unspecified atom stereocenters. The highest BCUT2D eigenvalue weighted by Crippen LogP contribution is 2.54. The number of carbonyl (C=O) groups is 3. The molecule has 4 atom stereocenters. The first-order valence-electron chi connectivity index (χ1n) is 12.0. The fraction of sp³-hybridized carbons (Fsp3) is 0.640. The second-order valence-corrected chi connectivity index (χ2v) is 10.9. The van der Waals surface area contributed by atoms with Crippen molar-refractivity contribution in [3.63, 3.8) is 0 Å². The number of thioether (sulfide) groups is 1. The van der Waals surface area contributed by atoms with Gasteiger partial charge in [-0.25, -0.2) is 0 Å². The molecule has 172 valence electrons. The van der Waals surface area contributed by atoms with E-state index in [-0.39, 0.29) is 29.8 Å². The Morgan fingerprint density at radius 1 is 1.06 bits per heavy atom. The van der Waals surface area contributed by atoms with Crippen LogP contribution >= 0.6 is 11.8 Å². The highest BCUT2D eigenvalue weighted by molar-refractivity contribution is 7.98. The van der Waals surface area contributed by atoms with Crippen LogP contribution in [-0.4, -0.2) is 46.7 Å². The maximum atomic E-state index is 14.0. The number of fused-ring (bicyclic) bond motifs is 4. The van der Waals surface area contributed by atoms with Gasteiger partial charge < -0.3 is 5.32 Å². The van der Waals surface area contributed by atoms with Gasteiger partial charge in [-0.2, -0.15) is 11.8 Å². The molecular formula is C25H33N3O3S. The number of anilines is 1. The predicted octanol–water partition coefficient (Wildman–Crippen LogP) is 3.50. The quantitative estimate of drug-likeness (QED) is 0.537. The summed E-state index contributed by atoms with van der Waals surface area (Å²) in [6, 6.07) is 3.79. The Morgan fingerprint density at radius 3 is 2.47 bits per heavy atom. The van der Waals surface area contributed by atoms with Gasteiger partial charge in [0.1, 0.15) is 5.54 Å². The third-order valence-electron chi connectivity index (χ3n) is 8.28. The van der Waals surface area contributed by atoms with Crippen LogP contribution in [0.1, 0.15) is 61.6 Å². The van der Waals surface area contributed by atoms with Gasteiger partial charge in [0.2, 0.25) is 17.7 Å². The number of hydrogen-bond donors (Lipinski definition) is 2. The third kappa shape index (κ3) is 3.00. The summed E-state index contributed by atoms with van der Waals surface area (Å²) in [4.78, 5) is 43.0. The molecule has 32 heavy (non-hydrogen) atoms. The number of likely N-dealkylation sites (tertiary alicyclic amines) is 1. The molecule has 1 spiro atoms. The van der Waals surface area contributed by atoms with E-state index in [1.165, 1.54) is 0 Å². The lowest BCUT2D eigenvalue weighted by atomic mass is 9.76. The summed E-state index contributed by atoms with van der Waals surface area (Å²) in [5.74, 6) is -0.667. The van der Waals surface area contributed by atoms with E-state index in [0.29, 0.717) is 0 Å². The molecule has 7 heteroatoms. The zero-order valence-electron chi connectivity index (χ0n) is 19.2. The summed E-state index contributed by atoms with van der Waals surface area (Å²) < 4.78 is 0. The minimum absolute atomic E-state index is 0.0231. The van der Waals surface area contributed by atoms with Crippen molar-refractivity contribution in [3.05, 3.63) is 28.8 Å². The molecule has 1 aromatic carbocycles. The summed E-state index contributed by atoms with van der Waals surface area (Å²) in [5, 5.41) is 6.64. The minimum Gasteiger partial charge on any atom is -0.324 e. The van der Waals surface area contributed by atoms with Crippen molar-refractivity contribution in [1.29, 1.82) is 0 Å². The fourth-order valence-electron chi connectivity index (χ4n) is 6.51. The van der Waals surface area contributed by atoms with Crippen LogP contribution in [0.4, 0.5) is 5.69 Å². The number of nitrogens with one attached hydrogen (secondary N) is 2. The summed E-state index contributed by atoms with van der Waals surface area (Å²) in [6.07, 6.45) is 9.00. The number of rotatable bonds is 4. The van der Waals surface area contributed by atoms with Crippen molar-refractivity contribution in [2.75, 3.05) is 17.3 Å². The maximum absolute atomic E-state index is 14.0. The molecule has 1 aromatic rings. The Morgan fingerprint density at radius 2 is 1.78 bits per heavy atom. The lowest BCUT2D eigenvalue weighted by molar-refractivity contribution is -0.145. The number of benzene rings is 1. The van der Waals surface area contributed by atoms with Gasteiger partial charge in [-0.05, 0) is 56.2 Å². The number of amides is 3. The molecule has 3 fully saturated rings. The first-order chi connectivity index (χ1) is 15.4. The Kier molecular flexibility index (Phi) is 5.61. The van der Waals surface area contributed by atoms with E-state index in [0.717, 1.165) is 73.1 Å². The summed E-state index contributed by atoms with van der Waals surface area (Å²) in [5.41, 5.74) is 2.60. The molecule has 6 nitrogen and oxygen atoms in total. The number of imide groups is 1. The highest BCUT2D eigenvalue weighted by atomic mass is 32.2. The number of nitrogens with zero attached hydrogens (tertiary/aromatic N) is 1. The third-order valence-corrected chi connectivity index (χ3v) is 8.92. The summed E-state index contributed by atoms with van der Waals surface area (Å²) >= 11 is 1.73. The molecule has 3 heterocycles. The van der Waals surface area contributed by atoms with Gasteiger partial charge in [0.25, 0.3) is 0 Å². The second-order valence-electron chi connectivity index (χ2n) is 9.92. The number of carbonyl (C=O) groups excluding carboxylic acids is 3. The van der Waals surface area contributed by atoms with Crippen molar-refractivity contribution in [1.82, 2.24) is 10.2 Å². The van der Waals surface area contributed by atoms with Gasteiger partial charge in [0.15, 0.2) is 0 Å². The molecule has 0 radical (unpaired) electrons. The average Bonchev–Trinajstić information content (AvgIpc) is 3.24. The maximum Gasteiger partial charge on any atom is 0.250 e. The molecule has 2 N–H and O–H groups in total. The van der Waals surface area contributed by atoms with Crippen LogP contribution in [0.3, 0.4) is 0 Å². The van der Waals surface area contributed by atoms with Crippen molar-refractivity contribution in [2.45, 2.75) is 76.4 Å². The molecule has 3 aliphatic heterocycles. The van der Waals surface area contributed by atoms with Gasteiger partial charge >= 0.3 is 0 Å². The van der Waals surface area contributed by atoms with Crippen LogP contribution in [0.2, 0.25) is 0 Å². The number of aryl methyl sites for hydroxylation is 1. The minimum atomic E-state index is -1.16. The van der Waals surface area contributed by atoms with E-state index in [2.05, 4.69) is 10.6 Å². The van der Waals surface area contributed by atoms with Gasteiger partial charge in [-0.15, -0.1) is 0 Å². The van der Waals surface area contributed by atoms with Crippen LogP contribution < -0.4 is 10.6 Å². The topological polar surface area (TPSA) is 78.5 Å². The molecular weight excluding hydrogens is 422 g/mol. The van der Waals surface area contributed by atoms with Crippen LogP contribution in [0.25, 0.3) is 0 Å². The van der Waals surface area contributed by atoms with Crippen LogP contribution in [0, 0.1) is 25.7 Å². The Hall–Kier alpha value is -1.86. The largest absolute Gasteiger partial charge is 0.324 e. The lowest BCUT2D eigenvalue weighted by Crippen LogP contribution is -2.54. The molecule has 1 saturated carbocycles. The van der Waals surface area contributed by atoms with E-state index < -0.39 is 17.4 Å². The normalized spacial score (nSPS) is 32.4. The standard InChI is InChI=1S/C25H33N3O3S/c1-14-10-11-17-21(15(14)2)26-24(31)25(17)20-19(18(27-25)12-13-32-3)22(29)28(23(20)30)16-8-6-4-5-7-9-16/h10-11,16,18-20,27H,4-9,12-13H2,1-3H3,(H,26,31).